The molecule has 4 rings (SSSR count). The molecule has 27 heavy (non-hydrogen) atoms. The maximum atomic E-state index is 12.6. The molecule has 0 radical (unpaired) electrons. The van der Waals surface area contributed by atoms with Gasteiger partial charge in [-0.1, -0.05) is 10.3 Å². The lowest BCUT2D eigenvalue weighted by Gasteiger charge is -2.32. The molecule has 3 aromatic rings. The van der Waals surface area contributed by atoms with Crippen LogP contribution in [0.2, 0.25) is 0 Å². The summed E-state index contributed by atoms with van der Waals surface area (Å²) in [5, 5.41) is 10.7. The molecule has 0 aliphatic carbocycles. The van der Waals surface area contributed by atoms with Gasteiger partial charge in [-0.25, -0.2) is 14.1 Å². The van der Waals surface area contributed by atoms with Crippen LogP contribution in [0.4, 0.5) is 0 Å². The van der Waals surface area contributed by atoms with Gasteiger partial charge in [-0.15, -0.1) is 0 Å². The number of rotatable bonds is 3. The van der Waals surface area contributed by atoms with Gasteiger partial charge in [0.1, 0.15) is 11.4 Å². The number of likely N-dealkylation sites (tertiary alicyclic amines) is 1. The molecule has 4 heterocycles. The number of aromatic nitrogens is 5. The largest absolute Gasteiger partial charge is 0.342 e. The normalized spacial score (nSPS) is 17.6. The van der Waals surface area contributed by atoms with Gasteiger partial charge in [0.15, 0.2) is 5.65 Å². The molecule has 1 amide bonds. The van der Waals surface area contributed by atoms with E-state index >= 15 is 0 Å². The van der Waals surface area contributed by atoms with E-state index in [9.17, 15) is 9.59 Å². The van der Waals surface area contributed by atoms with Crippen molar-refractivity contribution in [2.45, 2.75) is 46.0 Å². The number of hydrogen-bond donors (Lipinski definition) is 1. The summed E-state index contributed by atoms with van der Waals surface area (Å²) in [6.45, 7) is 6.71. The van der Waals surface area contributed by atoms with Gasteiger partial charge in [0.05, 0.1) is 6.42 Å². The average molecular weight is 370 g/mol. The predicted octanol–water partition coefficient (Wildman–Crippen LogP) is 1.28. The second-order valence-corrected chi connectivity index (χ2v) is 7.18. The van der Waals surface area contributed by atoms with Gasteiger partial charge >= 0.3 is 0 Å². The second-order valence-electron chi connectivity index (χ2n) is 7.18. The lowest BCUT2D eigenvalue weighted by molar-refractivity contribution is -0.131. The number of aryl methyl sites for hydroxylation is 2. The van der Waals surface area contributed by atoms with E-state index in [1.54, 1.807) is 13.8 Å². The molecule has 0 aromatic carbocycles. The van der Waals surface area contributed by atoms with Crippen LogP contribution in [0.15, 0.2) is 15.5 Å². The van der Waals surface area contributed by atoms with Crippen LogP contribution in [0, 0.1) is 20.8 Å². The lowest BCUT2D eigenvalue weighted by Crippen LogP contribution is -2.40. The molecule has 1 saturated heterocycles. The number of H-pyrrole nitrogens is 1. The molecule has 0 saturated carbocycles. The van der Waals surface area contributed by atoms with Crippen molar-refractivity contribution in [3.63, 3.8) is 0 Å². The fraction of sp³-hybridized carbons (Fsp3) is 0.500. The fourth-order valence-electron chi connectivity index (χ4n) is 3.57. The average Bonchev–Trinajstić information content (AvgIpc) is 3.26. The Morgan fingerprint density at radius 3 is 2.85 bits per heavy atom. The van der Waals surface area contributed by atoms with Crippen molar-refractivity contribution in [1.29, 1.82) is 0 Å². The summed E-state index contributed by atoms with van der Waals surface area (Å²) in [6, 6.07) is 1.91. The van der Waals surface area contributed by atoms with Crippen molar-refractivity contribution in [2.75, 3.05) is 13.1 Å². The summed E-state index contributed by atoms with van der Waals surface area (Å²) >= 11 is 0. The molecule has 9 nitrogen and oxygen atoms in total. The van der Waals surface area contributed by atoms with Crippen LogP contribution >= 0.6 is 0 Å². The maximum absolute atomic E-state index is 12.6. The van der Waals surface area contributed by atoms with Gasteiger partial charge in [0.2, 0.25) is 5.91 Å². The van der Waals surface area contributed by atoms with Crippen LogP contribution in [0.5, 0.6) is 0 Å². The Bertz CT molecular complexity index is 1060. The molecule has 0 bridgehead atoms. The highest BCUT2D eigenvalue weighted by atomic mass is 16.6. The van der Waals surface area contributed by atoms with Gasteiger partial charge in [-0.05, 0) is 33.6 Å². The van der Waals surface area contributed by atoms with E-state index < -0.39 is 0 Å². The van der Waals surface area contributed by atoms with E-state index in [2.05, 4.69) is 25.0 Å². The first-order chi connectivity index (χ1) is 12.9. The second kappa shape index (κ2) is 6.64. The van der Waals surface area contributed by atoms with Gasteiger partial charge in [0.25, 0.3) is 5.56 Å². The number of amides is 1. The molecule has 0 spiro atoms. The molecule has 1 aliphatic rings. The Labute approximate surface area is 155 Å². The zero-order chi connectivity index (χ0) is 19.1. The molecule has 1 fully saturated rings. The number of piperidine rings is 1. The molecule has 3 aromatic heterocycles. The summed E-state index contributed by atoms with van der Waals surface area (Å²) in [6.07, 6.45) is 2.05. The Balaban J connectivity index is 1.55. The first kappa shape index (κ1) is 17.4. The minimum atomic E-state index is -0.0819. The molecule has 1 N–H and O–H groups in total. The first-order valence-electron chi connectivity index (χ1n) is 9.08. The minimum absolute atomic E-state index is 0.0107. The summed E-state index contributed by atoms with van der Waals surface area (Å²) in [4.78, 5) is 31.4. The molecular formula is C18H22N6O3. The van der Waals surface area contributed by atoms with Gasteiger partial charge in [-0.3, -0.25) is 14.7 Å². The lowest BCUT2D eigenvalue weighted by atomic mass is 9.94. The highest BCUT2D eigenvalue weighted by Gasteiger charge is 2.27. The summed E-state index contributed by atoms with van der Waals surface area (Å²) in [5.74, 6) is 0.150. The Morgan fingerprint density at radius 1 is 1.30 bits per heavy atom. The van der Waals surface area contributed by atoms with E-state index in [-0.39, 0.29) is 23.8 Å². The summed E-state index contributed by atoms with van der Waals surface area (Å²) < 4.78 is 6.16. The molecule has 9 heteroatoms. The van der Waals surface area contributed by atoms with Crippen molar-refractivity contribution in [3.8, 4) is 0 Å². The van der Waals surface area contributed by atoms with Crippen LogP contribution < -0.4 is 5.56 Å². The molecule has 142 valence electrons. The number of hydrogen-bond acceptors (Lipinski definition) is 6. The van der Waals surface area contributed by atoms with Crippen LogP contribution in [0.25, 0.3) is 5.65 Å². The van der Waals surface area contributed by atoms with Crippen LogP contribution in [-0.4, -0.2) is 48.8 Å². The third-order valence-electron chi connectivity index (χ3n) is 5.38. The smallest absolute Gasteiger partial charge is 0.275 e. The van der Waals surface area contributed by atoms with E-state index in [0.717, 1.165) is 30.8 Å². The number of carbonyl (C=O) groups excluding carboxylic acids is 1. The van der Waals surface area contributed by atoms with E-state index in [1.807, 2.05) is 17.9 Å². The van der Waals surface area contributed by atoms with Gasteiger partial charge in [-0.2, -0.15) is 0 Å². The minimum Gasteiger partial charge on any atom is -0.342 e. The predicted molar refractivity (Wildman–Crippen MR) is 96.6 cm³/mol. The zero-order valence-electron chi connectivity index (χ0n) is 15.7. The Hall–Kier alpha value is -2.97. The molecule has 1 aliphatic heterocycles. The third kappa shape index (κ3) is 3.13. The first-order valence-corrected chi connectivity index (χ1v) is 9.08. The SMILES string of the molecule is Cc1nonc1CC(=O)N1CCCC(c2cc3nc(C)c(C)c(=O)n3[nH]2)C1. The highest BCUT2D eigenvalue weighted by molar-refractivity contribution is 5.78. The van der Waals surface area contributed by atoms with Crippen molar-refractivity contribution in [1.82, 2.24) is 29.8 Å². The number of fused-ring (bicyclic) bond motifs is 1. The van der Waals surface area contributed by atoms with Crippen LogP contribution in [0.3, 0.4) is 0 Å². The topological polar surface area (TPSA) is 109 Å². The summed E-state index contributed by atoms with van der Waals surface area (Å²) in [5.41, 5.74) is 4.06. The number of nitrogens with one attached hydrogen (secondary N) is 1. The van der Waals surface area contributed by atoms with Crippen LogP contribution in [0.1, 0.15) is 47.1 Å². The fourth-order valence-corrected chi connectivity index (χ4v) is 3.57. The Kier molecular flexibility index (Phi) is 4.29. The zero-order valence-corrected chi connectivity index (χ0v) is 15.7. The summed E-state index contributed by atoms with van der Waals surface area (Å²) in [7, 11) is 0. The monoisotopic (exact) mass is 370 g/mol. The van der Waals surface area contributed by atoms with Gasteiger partial charge in [0, 0.05) is 42.0 Å². The number of carbonyl (C=O) groups is 1. The van der Waals surface area contributed by atoms with Crippen molar-refractivity contribution in [3.05, 3.63) is 44.8 Å². The number of nitrogens with zero attached hydrogens (tertiary/aromatic N) is 5. The molecule has 1 unspecified atom stereocenters. The van der Waals surface area contributed by atoms with E-state index in [4.69, 9.17) is 0 Å². The highest BCUT2D eigenvalue weighted by Crippen LogP contribution is 2.27. The standard InChI is InChI=1S/C18H22N6O3/c1-10-11(2)19-16-7-15(20-24(16)18(10)26)13-5-4-6-23(9-13)17(25)8-14-12(3)21-27-22-14/h7,13,20H,4-6,8-9H2,1-3H3. The third-order valence-corrected chi connectivity index (χ3v) is 5.38. The molecule has 1 atom stereocenters. The maximum Gasteiger partial charge on any atom is 0.275 e. The van der Waals surface area contributed by atoms with Crippen molar-refractivity contribution < 1.29 is 9.42 Å². The van der Waals surface area contributed by atoms with Crippen LogP contribution in [-0.2, 0) is 11.2 Å². The van der Waals surface area contributed by atoms with Crippen molar-refractivity contribution in [2.24, 2.45) is 0 Å². The number of aromatic amines is 1. The van der Waals surface area contributed by atoms with Crippen molar-refractivity contribution >= 4 is 11.6 Å². The van der Waals surface area contributed by atoms with E-state index in [1.165, 1.54) is 4.52 Å². The van der Waals surface area contributed by atoms with Gasteiger partial charge < -0.3 is 4.90 Å². The Morgan fingerprint density at radius 2 is 2.11 bits per heavy atom. The van der Waals surface area contributed by atoms with E-state index in [0.29, 0.717) is 29.1 Å². The quantitative estimate of drug-likeness (QED) is 0.744. The molecular weight excluding hydrogens is 348 g/mol.